The number of fused-ring (bicyclic) bond motifs is 1. The molecule has 0 saturated carbocycles. The van der Waals surface area contributed by atoms with Gasteiger partial charge in [0.2, 0.25) is 12.7 Å². The Kier molecular flexibility index (Phi) is 3.88. The molecule has 0 aliphatic carbocycles. The molecule has 0 spiro atoms. The number of phenolic OH excluding ortho intramolecular Hbond substituents is 1. The van der Waals surface area contributed by atoms with Gasteiger partial charge in [0.1, 0.15) is 5.75 Å². The molecule has 0 saturated heterocycles. The van der Waals surface area contributed by atoms with Gasteiger partial charge in [0.15, 0.2) is 11.5 Å². The van der Waals surface area contributed by atoms with Gasteiger partial charge in [-0.1, -0.05) is 0 Å². The lowest BCUT2D eigenvalue weighted by atomic mass is 10.1. The maximum atomic E-state index is 11.0. The predicted molar refractivity (Wildman–Crippen MR) is 64.6 cm³/mol. The van der Waals surface area contributed by atoms with Crippen molar-refractivity contribution in [2.45, 2.75) is 13.0 Å². The summed E-state index contributed by atoms with van der Waals surface area (Å²) < 4.78 is 10.4. The van der Waals surface area contributed by atoms with Crippen molar-refractivity contribution >= 4 is 5.91 Å². The summed E-state index contributed by atoms with van der Waals surface area (Å²) in [6.07, 6.45) is 0.405. The molecule has 18 heavy (non-hydrogen) atoms. The van der Waals surface area contributed by atoms with Crippen LogP contribution < -0.4 is 20.1 Å². The Labute approximate surface area is 105 Å². The fraction of sp³-hybridized carbons (Fsp3) is 0.417. The second-order valence-electron chi connectivity index (χ2n) is 3.93. The van der Waals surface area contributed by atoms with Gasteiger partial charge in [-0.2, -0.15) is 0 Å². The third-order valence-corrected chi connectivity index (χ3v) is 2.70. The van der Waals surface area contributed by atoms with Crippen molar-refractivity contribution in [3.63, 3.8) is 0 Å². The van der Waals surface area contributed by atoms with E-state index < -0.39 is 0 Å². The first-order chi connectivity index (χ1) is 8.70. The van der Waals surface area contributed by atoms with E-state index in [0.29, 0.717) is 31.0 Å². The van der Waals surface area contributed by atoms with E-state index in [-0.39, 0.29) is 18.4 Å². The molecule has 0 bridgehead atoms. The van der Waals surface area contributed by atoms with Gasteiger partial charge >= 0.3 is 0 Å². The van der Waals surface area contributed by atoms with Crippen LogP contribution in [0.2, 0.25) is 0 Å². The molecule has 0 fully saturated rings. The number of aromatic hydroxyl groups is 1. The molecule has 98 valence electrons. The minimum atomic E-state index is -0.0163. The molecular weight excluding hydrogens is 236 g/mol. The zero-order chi connectivity index (χ0) is 13.0. The molecule has 0 unspecified atom stereocenters. The average molecular weight is 252 g/mol. The molecule has 6 nitrogen and oxygen atoms in total. The Morgan fingerprint density at radius 2 is 2.11 bits per heavy atom. The van der Waals surface area contributed by atoms with E-state index in [1.165, 1.54) is 6.07 Å². The lowest BCUT2D eigenvalue weighted by molar-refractivity contribution is -0.120. The van der Waals surface area contributed by atoms with Crippen molar-refractivity contribution in [1.82, 2.24) is 10.6 Å². The van der Waals surface area contributed by atoms with Crippen molar-refractivity contribution in [2.24, 2.45) is 0 Å². The zero-order valence-electron chi connectivity index (χ0n) is 10.2. The molecule has 3 N–H and O–H groups in total. The van der Waals surface area contributed by atoms with Crippen molar-refractivity contribution in [1.29, 1.82) is 0 Å². The number of nitrogens with one attached hydrogen (secondary N) is 2. The van der Waals surface area contributed by atoms with Crippen molar-refractivity contribution < 1.29 is 19.4 Å². The number of ether oxygens (including phenoxy) is 2. The fourth-order valence-electron chi connectivity index (χ4n) is 1.66. The largest absolute Gasteiger partial charge is 0.507 e. The van der Waals surface area contributed by atoms with Crippen LogP contribution in [-0.2, 0) is 11.3 Å². The average Bonchev–Trinajstić information content (AvgIpc) is 2.81. The number of phenols is 1. The molecule has 2 rings (SSSR count). The minimum absolute atomic E-state index is 0.0163. The number of hydrogen-bond acceptors (Lipinski definition) is 5. The second kappa shape index (κ2) is 5.59. The van der Waals surface area contributed by atoms with Gasteiger partial charge < -0.3 is 25.2 Å². The van der Waals surface area contributed by atoms with E-state index in [4.69, 9.17) is 9.47 Å². The van der Waals surface area contributed by atoms with E-state index in [1.807, 2.05) is 0 Å². The summed E-state index contributed by atoms with van der Waals surface area (Å²) >= 11 is 0. The Morgan fingerprint density at radius 3 is 2.83 bits per heavy atom. The van der Waals surface area contributed by atoms with Gasteiger partial charge in [-0.3, -0.25) is 4.79 Å². The molecule has 0 atom stereocenters. The summed E-state index contributed by atoms with van der Waals surface area (Å²) in [4.78, 5) is 11.0. The summed E-state index contributed by atoms with van der Waals surface area (Å²) in [5.41, 5.74) is 0.719. The van der Waals surface area contributed by atoms with Crippen molar-refractivity contribution in [3.8, 4) is 17.2 Å². The van der Waals surface area contributed by atoms with Gasteiger partial charge in [-0.15, -0.1) is 0 Å². The molecule has 1 heterocycles. The van der Waals surface area contributed by atoms with Crippen LogP contribution in [0.3, 0.4) is 0 Å². The first-order valence-electron chi connectivity index (χ1n) is 5.73. The van der Waals surface area contributed by atoms with Gasteiger partial charge in [0, 0.05) is 38.2 Å². The third-order valence-electron chi connectivity index (χ3n) is 2.70. The van der Waals surface area contributed by atoms with Crippen LogP contribution in [0.25, 0.3) is 0 Å². The molecule has 1 aromatic rings. The monoisotopic (exact) mass is 252 g/mol. The summed E-state index contributed by atoms with van der Waals surface area (Å²) in [6.45, 7) is 1.20. The van der Waals surface area contributed by atoms with Crippen molar-refractivity contribution in [3.05, 3.63) is 17.7 Å². The van der Waals surface area contributed by atoms with Gasteiger partial charge in [0.05, 0.1) is 0 Å². The maximum absolute atomic E-state index is 11.0. The van der Waals surface area contributed by atoms with Crippen LogP contribution in [0.4, 0.5) is 0 Å². The zero-order valence-corrected chi connectivity index (χ0v) is 10.2. The fourth-order valence-corrected chi connectivity index (χ4v) is 1.66. The van der Waals surface area contributed by atoms with Crippen LogP contribution in [0.15, 0.2) is 12.1 Å². The highest BCUT2D eigenvalue weighted by molar-refractivity contribution is 5.75. The number of carbonyl (C=O) groups excluding carboxylic acids is 1. The highest BCUT2D eigenvalue weighted by Crippen LogP contribution is 2.37. The normalized spacial score (nSPS) is 12.5. The quantitative estimate of drug-likeness (QED) is 0.659. The topological polar surface area (TPSA) is 79.8 Å². The standard InChI is InChI=1S/C12H16N2O4/c1-13-12(16)2-3-14-6-8-4-10-11(5-9(8)15)18-7-17-10/h4-5,14-15H,2-3,6-7H2,1H3,(H,13,16). The SMILES string of the molecule is CNC(=O)CCNCc1cc2c(cc1O)OCO2. The van der Waals surface area contributed by atoms with E-state index in [1.54, 1.807) is 13.1 Å². The Balaban J connectivity index is 1.88. The second-order valence-corrected chi connectivity index (χ2v) is 3.93. The molecule has 1 aliphatic rings. The number of carbonyl (C=O) groups is 1. The first kappa shape index (κ1) is 12.5. The Morgan fingerprint density at radius 1 is 1.39 bits per heavy atom. The van der Waals surface area contributed by atoms with Gasteiger partial charge in [-0.25, -0.2) is 0 Å². The summed E-state index contributed by atoms with van der Waals surface area (Å²) in [6, 6.07) is 3.28. The molecule has 0 radical (unpaired) electrons. The third kappa shape index (κ3) is 2.84. The van der Waals surface area contributed by atoms with Crippen LogP contribution in [0, 0.1) is 0 Å². The smallest absolute Gasteiger partial charge is 0.231 e. The maximum Gasteiger partial charge on any atom is 0.231 e. The van der Waals surface area contributed by atoms with E-state index in [9.17, 15) is 9.90 Å². The van der Waals surface area contributed by atoms with Gasteiger partial charge in [0.25, 0.3) is 0 Å². The summed E-state index contributed by atoms with van der Waals surface area (Å²) in [7, 11) is 1.60. The van der Waals surface area contributed by atoms with E-state index in [0.717, 1.165) is 5.56 Å². The molecule has 0 aromatic heterocycles. The summed E-state index contributed by atoms with van der Waals surface area (Å²) in [5, 5.41) is 15.4. The lowest BCUT2D eigenvalue weighted by Gasteiger charge is -2.07. The molecule has 1 aliphatic heterocycles. The lowest BCUT2D eigenvalue weighted by Crippen LogP contribution is -2.24. The van der Waals surface area contributed by atoms with Crippen LogP contribution in [-0.4, -0.2) is 31.4 Å². The number of hydrogen-bond donors (Lipinski definition) is 3. The van der Waals surface area contributed by atoms with E-state index in [2.05, 4.69) is 10.6 Å². The summed E-state index contributed by atoms with van der Waals surface area (Å²) in [5.74, 6) is 1.33. The Hall–Kier alpha value is -1.95. The van der Waals surface area contributed by atoms with Crippen LogP contribution in [0.5, 0.6) is 17.2 Å². The predicted octanol–water partition coefficient (Wildman–Crippen LogP) is 0.347. The number of rotatable bonds is 5. The molecular formula is C12H16N2O4. The van der Waals surface area contributed by atoms with Crippen LogP contribution in [0.1, 0.15) is 12.0 Å². The van der Waals surface area contributed by atoms with Gasteiger partial charge in [-0.05, 0) is 6.07 Å². The highest BCUT2D eigenvalue weighted by Gasteiger charge is 2.16. The van der Waals surface area contributed by atoms with Crippen LogP contribution >= 0.6 is 0 Å². The number of amides is 1. The Bertz CT molecular complexity index is 448. The van der Waals surface area contributed by atoms with E-state index >= 15 is 0 Å². The first-order valence-corrected chi connectivity index (χ1v) is 5.73. The number of benzene rings is 1. The molecule has 6 heteroatoms. The van der Waals surface area contributed by atoms with Crippen molar-refractivity contribution in [2.75, 3.05) is 20.4 Å². The highest BCUT2D eigenvalue weighted by atomic mass is 16.7. The minimum Gasteiger partial charge on any atom is -0.507 e. The molecule has 1 aromatic carbocycles. The molecule has 1 amide bonds.